The van der Waals surface area contributed by atoms with Crippen molar-refractivity contribution in [2.75, 3.05) is 6.26 Å². The van der Waals surface area contributed by atoms with E-state index >= 15 is 0 Å². The summed E-state index contributed by atoms with van der Waals surface area (Å²) in [6.45, 7) is 4.21. The third kappa shape index (κ3) is 3.84. The number of thioether (sulfide) groups is 1. The molecule has 0 saturated heterocycles. The molecule has 0 aliphatic carbocycles. The molecule has 2 atom stereocenters. The van der Waals surface area contributed by atoms with Crippen LogP contribution in [0, 0.1) is 0 Å². The third-order valence-corrected chi connectivity index (χ3v) is 3.50. The monoisotopic (exact) mass is 240 g/mol. The van der Waals surface area contributed by atoms with Crippen LogP contribution in [-0.4, -0.2) is 16.7 Å². The normalized spacial score (nSPS) is 14.3. The molecule has 1 aromatic rings. The van der Waals surface area contributed by atoms with Crippen LogP contribution in [0.15, 0.2) is 30.3 Å². The Morgan fingerprint density at radius 1 is 1.27 bits per heavy atom. The standard InChI is InChI=1S/C12H16OS2/c1-9(10(2)13-12(14)15-3)11-7-5-4-6-8-11/h4-10H,1-3H3. The van der Waals surface area contributed by atoms with Crippen molar-refractivity contribution in [2.24, 2.45) is 0 Å². The lowest BCUT2D eigenvalue weighted by molar-refractivity contribution is 0.194. The van der Waals surface area contributed by atoms with Crippen LogP contribution >= 0.6 is 24.0 Å². The summed E-state index contributed by atoms with van der Waals surface area (Å²) in [6, 6.07) is 10.4. The average Bonchev–Trinajstić information content (AvgIpc) is 2.29. The van der Waals surface area contributed by atoms with Gasteiger partial charge < -0.3 is 4.74 Å². The van der Waals surface area contributed by atoms with E-state index in [2.05, 4.69) is 26.0 Å². The van der Waals surface area contributed by atoms with E-state index in [1.54, 1.807) is 0 Å². The molecule has 0 N–H and O–H groups in total. The van der Waals surface area contributed by atoms with E-state index in [0.717, 1.165) is 0 Å². The molecule has 3 heteroatoms. The summed E-state index contributed by atoms with van der Waals surface area (Å²) in [4.78, 5) is 0. The van der Waals surface area contributed by atoms with Crippen LogP contribution in [0.25, 0.3) is 0 Å². The molecule has 1 aromatic carbocycles. The Morgan fingerprint density at radius 2 is 1.87 bits per heavy atom. The van der Waals surface area contributed by atoms with Gasteiger partial charge in [-0.15, -0.1) is 0 Å². The van der Waals surface area contributed by atoms with Crippen molar-refractivity contribution in [2.45, 2.75) is 25.9 Å². The molecule has 0 saturated carbocycles. The van der Waals surface area contributed by atoms with Gasteiger partial charge in [0.05, 0.1) is 0 Å². The summed E-state index contributed by atoms with van der Waals surface area (Å²) in [7, 11) is 0. The number of benzene rings is 1. The molecular weight excluding hydrogens is 224 g/mol. The third-order valence-electron chi connectivity index (χ3n) is 2.48. The van der Waals surface area contributed by atoms with E-state index in [1.807, 2.05) is 24.5 Å². The Labute approximate surface area is 101 Å². The van der Waals surface area contributed by atoms with Crippen molar-refractivity contribution < 1.29 is 4.74 Å². The molecule has 0 bridgehead atoms. The fourth-order valence-electron chi connectivity index (χ4n) is 1.33. The summed E-state index contributed by atoms with van der Waals surface area (Å²) in [5.74, 6) is 0.358. The Balaban J connectivity index is 2.61. The van der Waals surface area contributed by atoms with Gasteiger partial charge in [-0.1, -0.05) is 49.0 Å². The maximum Gasteiger partial charge on any atom is 0.219 e. The van der Waals surface area contributed by atoms with Crippen LogP contribution in [0.1, 0.15) is 25.3 Å². The highest BCUT2D eigenvalue weighted by molar-refractivity contribution is 8.22. The predicted octanol–water partition coefficient (Wildman–Crippen LogP) is 3.84. The number of hydrogen-bond acceptors (Lipinski definition) is 3. The van der Waals surface area contributed by atoms with Crippen LogP contribution in [0.4, 0.5) is 0 Å². The molecule has 1 nitrogen and oxygen atoms in total. The number of hydrogen-bond donors (Lipinski definition) is 0. The Hall–Kier alpha value is -0.540. The van der Waals surface area contributed by atoms with Gasteiger partial charge >= 0.3 is 0 Å². The highest BCUT2D eigenvalue weighted by atomic mass is 32.2. The van der Waals surface area contributed by atoms with Crippen LogP contribution < -0.4 is 0 Å². The Morgan fingerprint density at radius 3 is 2.40 bits per heavy atom. The predicted molar refractivity (Wildman–Crippen MR) is 71.5 cm³/mol. The van der Waals surface area contributed by atoms with Crippen molar-refractivity contribution in [1.82, 2.24) is 0 Å². The summed E-state index contributed by atoms with van der Waals surface area (Å²) < 4.78 is 6.23. The molecule has 0 radical (unpaired) electrons. The first-order chi connectivity index (χ1) is 7.15. The van der Waals surface area contributed by atoms with E-state index in [9.17, 15) is 0 Å². The number of rotatable bonds is 3. The Bertz CT molecular complexity index is 311. The zero-order valence-corrected chi connectivity index (χ0v) is 10.9. The van der Waals surface area contributed by atoms with Crippen LogP contribution in [0.5, 0.6) is 0 Å². The molecule has 0 aliphatic rings. The molecule has 0 aliphatic heterocycles. The van der Waals surface area contributed by atoms with Gasteiger partial charge in [0, 0.05) is 5.92 Å². The van der Waals surface area contributed by atoms with Crippen molar-refractivity contribution in [1.29, 1.82) is 0 Å². The van der Waals surface area contributed by atoms with Gasteiger partial charge in [-0.05, 0) is 31.0 Å². The van der Waals surface area contributed by atoms with Gasteiger partial charge in [0.2, 0.25) is 4.38 Å². The highest BCUT2D eigenvalue weighted by Gasteiger charge is 2.16. The fourth-order valence-corrected chi connectivity index (χ4v) is 1.73. The van der Waals surface area contributed by atoms with Gasteiger partial charge in [-0.2, -0.15) is 0 Å². The molecule has 82 valence electrons. The molecule has 2 unspecified atom stereocenters. The molecule has 0 heterocycles. The van der Waals surface area contributed by atoms with Gasteiger partial charge in [-0.3, -0.25) is 0 Å². The van der Waals surface area contributed by atoms with E-state index < -0.39 is 0 Å². The van der Waals surface area contributed by atoms with Crippen molar-refractivity contribution in [3.63, 3.8) is 0 Å². The molecule has 0 aromatic heterocycles. The fraction of sp³-hybridized carbons (Fsp3) is 0.417. The van der Waals surface area contributed by atoms with Gasteiger partial charge in [-0.25, -0.2) is 0 Å². The smallest absolute Gasteiger partial charge is 0.219 e. The van der Waals surface area contributed by atoms with Crippen molar-refractivity contribution >= 4 is 28.4 Å². The highest BCUT2D eigenvalue weighted by Crippen LogP contribution is 2.22. The molecule has 1 rings (SSSR count). The number of ether oxygens (including phenoxy) is 1. The quantitative estimate of drug-likeness (QED) is 0.743. The molecule has 0 fully saturated rings. The summed E-state index contributed by atoms with van der Waals surface area (Å²) in [5.41, 5.74) is 1.29. The van der Waals surface area contributed by atoms with Gasteiger partial charge in [0.25, 0.3) is 0 Å². The van der Waals surface area contributed by atoms with Crippen molar-refractivity contribution in [3.05, 3.63) is 35.9 Å². The first kappa shape index (κ1) is 12.5. The lowest BCUT2D eigenvalue weighted by Gasteiger charge is -2.21. The van der Waals surface area contributed by atoms with Gasteiger partial charge in [0.15, 0.2) is 0 Å². The minimum atomic E-state index is 0.118. The largest absolute Gasteiger partial charge is 0.475 e. The van der Waals surface area contributed by atoms with Crippen LogP contribution in [0.3, 0.4) is 0 Å². The van der Waals surface area contributed by atoms with E-state index in [-0.39, 0.29) is 6.10 Å². The summed E-state index contributed by atoms with van der Waals surface area (Å²) in [5, 5.41) is 0. The molecule has 15 heavy (non-hydrogen) atoms. The molecule has 0 spiro atoms. The maximum absolute atomic E-state index is 5.61. The topological polar surface area (TPSA) is 9.23 Å². The maximum atomic E-state index is 5.61. The van der Waals surface area contributed by atoms with Crippen LogP contribution in [0.2, 0.25) is 0 Å². The molecular formula is C12H16OS2. The zero-order valence-electron chi connectivity index (χ0n) is 9.27. The SMILES string of the molecule is CSC(=S)OC(C)C(C)c1ccccc1. The van der Waals surface area contributed by atoms with E-state index in [4.69, 9.17) is 17.0 Å². The average molecular weight is 240 g/mol. The molecule has 0 amide bonds. The second-order valence-corrected chi connectivity index (χ2v) is 4.88. The van der Waals surface area contributed by atoms with E-state index in [1.165, 1.54) is 17.3 Å². The lowest BCUT2D eigenvalue weighted by Crippen LogP contribution is -2.18. The zero-order chi connectivity index (χ0) is 11.3. The second-order valence-electron chi connectivity index (χ2n) is 3.48. The van der Waals surface area contributed by atoms with Gasteiger partial charge in [0.1, 0.15) is 6.10 Å². The van der Waals surface area contributed by atoms with Crippen molar-refractivity contribution in [3.8, 4) is 0 Å². The summed E-state index contributed by atoms with van der Waals surface area (Å²) >= 11 is 6.52. The van der Waals surface area contributed by atoms with E-state index in [0.29, 0.717) is 10.3 Å². The minimum Gasteiger partial charge on any atom is -0.475 e. The van der Waals surface area contributed by atoms with Crippen LogP contribution in [-0.2, 0) is 4.74 Å². The first-order valence-electron chi connectivity index (χ1n) is 4.94. The lowest BCUT2D eigenvalue weighted by atomic mass is 9.96. The first-order valence-corrected chi connectivity index (χ1v) is 6.58. The number of thiocarbonyl (C=S) groups is 1. The minimum absolute atomic E-state index is 0.118. The summed E-state index contributed by atoms with van der Waals surface area (Å²) in [6.07, 6.45) is 2.05. The second kappa shape index (κ2) is 6.13. The Kier molecular flexibility index (Phi) is 5.12.